The van der Waals surface area contributed by atoms with Crippen molar-refractivity contribution >= 4 is 0 Å². The summed E-state index contributed by atoms with van der Waals surface area (Å²) in [6, 6.07) is 0.951. The van der Waals surface area contributed by atoms with Crippen molar-refractivity contribution < 1.29 is 0 Å². The van der Waals surface area contributed by atoms with Gasteiger partial charge in [-0.25, -0.2) is 0 Å². The minimum absolute atomic E-state index is 0.292. The van der Waals surface area contributed by atoms with Crippen LogP contribution in [-0.2, 0) is 0 Å². The van der Waals surface area contributed by atoms with Gasteiger partial charge in [0.2, 0.25) is 0 Å². The van der Waals surface area contributed by atoms with Crippen LogP contribution in [-0.4, -0.2) is 12.1 Å². The molecule has 0 bridgehead atoms. The van der Waals surface area contributed by atoms with E-state index in [1.54, 1.807) is 0 Å². The van der Waals surface area contributed by atoms with Crippen LogP contribution in [0.5, 0.6) is 0 Å². The zero-order valence-electron chi connectivity index (χ0n) is 11.8. The molecule has 1 aliphatic carbocycles. The molecule has 1 saturated carbocycles. The fourth-order valence-electron chi connectivity index (χ4n) is 2.95. The minimum Gasteiger partial charge on any atom is -0.301 e. The van der Waals surface area contributed by atoms with Gasteiger partial charge in [-0.1, -0.05) is 46.0 Å². The van der Waals surface area contributed by atoms with Crippen molar-refractivity contribution in [2.75, 3.05) is 0 Å². The predicted octanol–water partition coefficient (Wildman–Crippen LogP) is 3.98. The Kier molecular flexibility index (Phi) is 6.66. The highest BCUT2D eigenvalue weighted by molar-refractivity contribution is 4.99. The summed E-state index contributed by atoms with van der Waals surface area (Å²) in [6.07, 6.45) is 14.6. The smallest absolute Gasteiger partial charge is 0.0688 e. The Labute approximate surface area is 108 Å². The highest BCUT2D eigenvalue weighted by Gasteiger charge is 2.21. The van der Waals surface area contributed by atoms with Crippen LogP contribution in [0.2, 0.25) is 0 Å². The first-order chi connectivity index (χ1) is 8.17. The van der Waals surface area contributed by atoms with Crippen molar-refractivity contribution in [1.82, 2.24) is 5.32 Å². The molecule has 1 nitrogen and oxygen atoms in total. The van der Waals surface area contributed by atoms with E-state index in [1.165, 1.54) is 38.5 Å². The second kappa shape index (κ2) is 7.77. The quantitative estimate of drug-likeness (QED) is 0.561. The Morgan fingerprint density at radius 2 is 2.00 bits per heavy atom. The van der Waals surface area contributed by atoms with E-state index < -0.39 is 0 Å². The zero-order chi connectivity index (χ0) is 12.7. The summed E-state index contributed by atoms with van der Waals surface area (Å²) in [5.74, 6) is 4.66. The van der Waals surface area contributed by atoms with Crippen molar-refractivity contribution in [3.8, 4) is 12.3 Å². The van der Waals surface area contributed by atoms with Crippen LogP contribution < -0.4 is 5.32 Å². The molecule has 98 valence electrons. The monoisotopic (exact) mass is 235 g/mol. The minimum atomic E-state index is 0.292. The molecule has 3 atom stereocenters. The van der Waals surface area contributed by atoms with Crippen LogP contribution in [0.3, 0.4) is 0 Å². The molecule has 0 saturated heterocycles. The predicted molar refractivity (Wildman–Crippen MR) is 75.9 cm³/mol. The highest BCUT2D eigenvalue weighted by atomic mass is 14.9. The van der Waals surface area contributed by atoms with Gasteiger partial charge >= 0.3 is 0 Å². The SMILES string of the molecule is C#CC(CCC)NC1CCCC(C(C)C)CC1. The molecular weight excluding hydrogens is 206 g/mol. The maximum Gasteiger partial charge on any atom is 0.0688 e. The van der Waals surface area contributed by atoms with Crippen molar-refractivity contribution in [3.05, 3.63) is 0 Å². The third-order valence-electron chi connectivity index (χ3n) is 4.17. The molecule has 0 heterocycles. The van der Waals surface area contributed by atoms with Crippen LogP contribution in [0, 0.1) is 24.2 Å². The van der Waals surface area contributed by atoms with Gasteiger partial charge in [-0.2, -0.15) is 0 Å². The molecule has 1 fully saturated rings. The first-order valence-corrected chi connectivity index (χ1v) is 7.39. The zero-order valence-corrected chi connectivity index (χ0v) is 11.8. The molecular formula is C16H29N. The Hall–Kier alpha value is -0.480. The molecule has 1 aliphatic rings. The maximum absolute atomic E-state index is 5.58. The number of rotatable bonds is 5. The Bertz CT molecular complexity index is 238. The molecule has 0 radical (unpaired) electrons. The fraction of sp³-hybridized carbons (Fsp3) is 0.875. The van der Waals surface area contributed by atoms with Crippen molar-refractivity contribution in [1.29, 1.82) is 0 Å². The van der Waals surface area contributed by atoms with E-state index in [0.717, 1.165) is 18.3 Å². The second-order valence-corrected chi connectivity index (χ2v) is 5.88. The van der Waals surface area contributed by atoms with E-state index >= 15 is 0 Å². The average molecular weight is 235 g/mol. The van der Waals surface area contributed by atoms with E-state index in [1.807, 2.05) is 0 Å². The van der Waals surface area contributed by atoms with Crippen molar-refractivity contribution in [2.24, 2.45) is 11.8 Å². The molecule has 0 aromatic carbocycles. The fourth-order valence-corrected chi connectivity index (χ4v) is 2.95. The van der Waals surface area contributed by atoms with Gasteiger partial charge in [-0.3, -0.25) is 0 Å². The summed E-state index contributed by atoms with van der Waals surface area (Å²) in [5.41, 5.74) is 0. The summed E-state index contributed by atoms with van der Waals surface area (Å²) in [6.45, 7) is 6.92. The van der Waals surface area contributed by atoms with Gasteiger partial charge in [-0.05, 0) is 37.5 Å². The standard InChI is InChI=1S/C16H29N/c1-5-8-15(6-2)17-16-10-7-9-14(11-12-16)13(3)4/h2,13-17H,5,7-12H2,1,3-4H3. The van der Waals surface area contributed by atoms with Crippen LogP contribution in [0.4, 0.5) is 0 Å². The number of hydrogen-bond donors (Lipinski definition) is 1. The number of hydrogen-bond acceptors (Lipinski definition) is 1. The van der Waals surface area contributed by atoms with E-state index in [-0.39, 0.29) is 0 Å². The molecule has 0 aliphatic heterocycles. The lowest BCUT2D eigenvalue weighted by atomic mass is 9.89. The molecule has 1 rings (SSSR count). The maximum atomic E-state index is 5.58. The van der Waals surface area contributed by atoms with Gasteiger partial charge in [-0.15, -0.1) is 6.42 Å². The molecule has 0 aromatic heterocycles. The van der Waals surface area contributed by atoms with Gasteiger partial charge in [0.05, 0.1) is 6.04 Å². The summed E-state index contributed by atoms with van der Waals surface area (Å²) in [5, 5.41) is 3.67. The molecule has 0 amide bonds. The molecule has 1 heteroatoms. The normalized spacial score (nSPS) is 27.5. The van der Waals surface area contributed by atoms with Gasteiger partial charge in [0.1, 0.15) is 0 Å². The number of terminal acetylenes is 1. The second-order valence-electron chi connectivity index (χ2n) is 5.88. The number of nitrogens with one attached hydrogen (secondary N) is 1. The molecule has 0 aromatic rings. The molecule has 1 N–H and O–H groups in total. The Morgan fingerprint density at radius 1 is 1.24 bits per heavy atom. The Balaban J connectivity index is 2.38. The lowest BCUT2D eigenvalue weighted by Crippen LogP contribution is -2.37. The summed E-state index contributed by atoms with van der Waals surface area (Å²) in [4.78, 5) is 0. The summed E-state index contributed by atoms with van der Waals surface area (Å²) < 4.78 is 0. The third kappa shape index (κ3) is 5.13. The van der Waals surface area contributed by atoms with Crippen LogP contribution in [0.25, 0.3) is 0 Å². The van der Waals surface area contributed by atoms with Gasteiger partial charge in [0.25, 0.3) is 0 Å². The first-order valence-electron chi connectivity index (χ1n) is 7.39. The van der Waals surface area contributed by atoms with Crippen LogP contribution in [0.15, 0.2) is 0 Å². The van der Waals surface area contributed by atoms with Crippen LogP contribution in [0.1, 0.15) is 65.7 Å². The lowest BCUT2D eigenvalue weighted by Gasteiger charge is -2.22. The summed E-state index contributed by atoms with van der Waals surface area (Å²) >= 11 is 0. The lowest BCUT2D eigenvalue weighted by molar-refractivity contribution is 0.336. The van der Waals surface area contributed by atoms with E-state index in [0.29, 0.717) is 12.1 Å². The molecule has 0 spiro atoms. The molecule has 17 heavy (non-hydrogen) atoms. The summed E-state index contributed by atoms with van der Waals surface area (Å²) in [7, 11) is 0. The Morgan fingerprint density at radius 3 is 2.59 bits per heavy atom. The average Bonchev–Trinajstić information content (AvgIpc) is 2.54. The van der Waals surface area contributed by atoms with Crippen LogP contribution >= 0.6 is 0 Å². The largest absolute Gasteiger partial charge is 0.301 e. The topological polar surface area (TPSA) is 12.0 Å². The molecule has 3 unspecified atom stereocenters. The van der Waals surface area contributed by atoms with E-state index in [2.05, 4.69) is 32.0 Å². The van der Waals surface area contributed by atoms with Gasteiger partial charge in [0.15, 0.2) is 0 Å². The van der Waals surface area contributed by atoms with E-state index in [9.17, 15) is 0 Å². The van der Waals surface area contributed by atoms with Gasteiger partial charge in [0, 0.05) is 6.04 Å². The van der Waals surface area contributed by atoms with Gasteiger partial charge < -0.3 is 5.32 Å². The third-order valence-corrected chi connectivity index (χ3v) is 4.17. The first kappa shape index (κ1) is 14.6. The van der Waals surface area contributed by atoms with E-state index in [4.69, 9.17) is 6.42 Å². The van der Waals surface area contributed by atoms with Crippen molar-refractivity contribution in [2.45, 2.75) is 77.8 Å². The van der Waals surface area contributed by atoms with Crippen molar-refractivity contribution in [3.63, 3.8) is 0 Å². The highest BCUT2D eigenvalue weighted by Crippen LogP contribution is 2.29.